The fourth-order valence-corrected chi connectivity index (χ4v) is 1.75. The van der Waals surface area contributed by atoms with Crippen molar-refractivity contribution in [2.45, 2.75) is 45.8 Å². The van der Waals surface area contributed by atoms with E-state index >= 15 is 0 Å². The van der Waals surface area contributed by atoms with Crippen molar-refractivity contribution < 1.29 is 14.3 Å². The summed E-state index contributed by atoms with van der Waals surface area (Å²) >= 11 is 0. The van der Waals surface area contributed by atoms with E-state index in [1.165, 1.54) is 0 Å². The van der Waals surface area contributed by atoms with Gasteiger partial charge in [-0.1, -0.05) is 31.8 Å². The molecule has 0 aliphatic carbocycles. The van der Waals surface area contributed by atoms with E-state index in [-0.39, 0.29) is 6.61 Å². The van der Waals surface area contributed by atoms with Gasteiger partial charge in [-0.25, -0.2) is 4.79 Å². The lowest BCUT2D eigenvalue weighted by atomic mass is 10.2. The van der Waals surface area contributed by atoms with E-state index < -0.39 is 14.2 Å². The lowest BCUT2D eigenvalue weighted by molar-refractivity contribution is 0.0673. The molecule has 18 heavy (non-hydrogen) atoms. The molecule has 0 unspecified atom stereocenters. The minimum atomic E-state index is -1.21. The number of allylic oxidation sites excluding steroid dienone is 1. The second kappa shape index (κ2) is 9.78. The Labute approximate surface area is 112 Å². The van der Waals surface area contributed by atoms with Crippen molar-refractivity contribution in [2.75, 3.05) is 13.2 Å². The largest absolute Gasteiger partial charge is 0.508 e. The van der Waals surface area contributed by atoms with Gasteiger partial charge in [0.2, 0.25) is 0 Å². The highest BCUT2D eigenvalue weighted by Crippen LogP contribution is 1.99. The molecule has 102 valence electrons. The summed E-state index contributed by atoms with van der Waals surface area (Å²) in [5, 5.41) is 0. The van der Waals surface area contributed by atoms with Crippen molar-refractivity contribution in [3.63, 3.8) is 0 Å². The van der Waals surface area contributed by atoms with Crippen LogP contribution in [0.15, 0.2) is 12.2 Å². The van der Waals surface area contributed by atoms with Crippen molar-refractivity contribution in [2.24, 2.45) is 0 Å². The lowest BCUT2D eigenvalue weighted by Crippen LogP contribution is -2.16. The van der Waals surface area contributed by atoms with Crippen LogP contribution in [0, 0.1) is 11.5 Å². The summed E-state index contributed by atoms with van der Waals surface area (Å²) in [7, 11) is -1.21. The van der Waals surface area contributed by atoms with Gasteiger partial charge in [0.1, 0.15) is 14.7 Å². The topological polar surface area (TPSA) is 35.5 Å². The summed E-state index contributed by atoms with van der Waals surface area (Å²) in [6.45, 7) is 9.10. The molecule has 0 atom stereocenters. The van der Waals surface area contributed by atoms with Crippen molar-refractivity contribution in [3.8, 4) is 11.5 Å². The highest BCUT2D eigenvalue weighted by molar-refractivity contribution is 6.83. The van der Waals surface area contributed by atoms with Crippen LogP contribution in [0.5, 0.6) is 0 Å². The van der Waals surface area contributed by atoms with Crippen molar-refractivity contribution in [1.29, 1.82) is 0 Å². The molecule has 0 heterocycles. The molecular weight excluding hydrogens is 244 g/mol. The summed E-state index contributed by atoms with van der Waals surface area (Å²) in [5.74, 6) is 3.22. The van der Waals surface area contributed by atoms with E-state index in [4.69, 9.17) is 4.74 Å². The number of hydrogen-bond donors (Lipinski definition) is 0. The van der Waals surface area contributed by atoms with Crippen LogP contribution in [0.1, 0.15) is 26.2 Å². The number of ether oxygens (including phenoxy) is 2. The average Bonchev–Trinajstić information content (AvgIpc) is 2.25. The Kier molecular flexibility index (Phi) is 9.12. The summed E-state index contributed by atoms with van der Waals surface area (Å²) < 4.78 is 9.41. The zero-order chi connectivity index (χ0) is 13.9. The van der Waals surface area contributed by atoms with E-state index in [0.717, 1.165) is 19.3 Å². The Morgan fingerprint density at radius 3 is 2.56 bits per heavy atom. The first-order valence-electron chi connectivity index (χ1n) is 6.40. The number of carbonyl (C=O) groups excluding carboxylic acids is 1. The molecule has 0 spiro atoms. The van der Waals surface area contributed by atoms with Gasteiger partial charge in [0, 0.05) is 6.42 Å². The van der Waals surface area contributed by atoms with Crippen LogP contribution in [0.25, 0.3) is 0 Å². The monoisotopic (exact) mass is 268 g/mol. The lowest BCUT2D eigenvalue weighted by Gasteiger charge is -2.03. The molecule has 0 aromatic carbocycles. The molecule has 4 heteroatoms. The van der Waals surface area contributed by atoms with E-state index in [2.05, 4.69) is 35.8 Å². The molecule has 0 bridgehead atoms. The van der Waals surface area contributed by atoms with Crippen LogP contribution in [-0.4, -0.2) is 27.4 Å². The molecule has 0 radical (unpaired) electrons. The normalized spacial score (nSPS) is 10.9. The molecule has 0 saturated carbocycles. The third-order valence-electron chi connectivity index (χ3n) is 1.86. The first-order valence-corrected chi connectivity index (χ1v) is 9.90. The molecule has 0 aliphatic heterocycles. The number of carbonyl (C=O) groups is 1. The predicted octanol–water partition coefficient (Wildman–Crippen LogP) is 3.77. The molecule has 0 aromatic rings. The minimum absolute atomic E-state index is 0.277. The Bertz CT molecular complexity index is 318. The zero-order valence-electron chi connectivity index (χ0n) is 11.9. The SMILES string of the molecule is CCOC(=O)OC/C=C/CCCC#C[Si](C)(C)C. The van der Waals surface area contributed by atoms with Gasteiger partial charge in [-0.15, -0.1) is 11.5 Å². The Hall–Kier alpha value is -1.21. The van der Waals surface area contributed by atoms with Crippen LogP contribution in [-0.2, 0) is 9.47 Å². The maximum absolute atomic E-state index is 10.8. The van der Waals surface area contributed by atoms with E-state index in [9.17, 15) is 4.79 Å². The highest BCUT2D eigenvalue weighted by Gasteiger charge is 2.06. The highest BCUT2D eigenvalue weighted by atomic mass is 28.3. The Morgan fingerprint density at radius 2 is 1.94 bits per heavy atom. The van der Waals surface area contributed by atoms with Crippen molar-refractivity contribution in [1.82, 2.24) is 0 Å². The molecular formula is C14H24O3Si. The fourth-order valence-electron chi connectivity index (χ4n) is 1.10. The molecule has 0 aromatic heterocycles. The quantitative estimate of drug-likeness (QED) is 0.242. The molecule has 0 N–H and O–H groups in total. The number of unbranched alkanes of at least 4 members (excludes halogenated alkanes) is 2. The minimum Gasteiger partial charge on any atom is -0.435 e. The zero-order valence-corrected chi connectivity index (χ0v) is 12.9. The second-order valence-corrected chi connectivity index (χ2v) is 9.66. The summed E-state index contributed by atoms with van der Waals surface area (Å²) in [6, 6.07) is 0. The maximum Gasteiger partial charge on any atom is 0.508 e. The molecule has 0 rings (SSSR count). The smallest absolute Gasteiger partial charge is 0.435 e. The number of rotatable bonds is 6. The fraction of sp³-hybridized carbons (Fsp3) is 0.643. The van der Waals surface area contributed by atoms with E-state index in [1.54, 1.807) is 6.92 Å². The van der Waals surface area contributed by atoms with Crippen LogP contribution in [0.3, 0.4) is 0 Å². The first kappa shape index (κ1) is 16.8. The molecule has 0 aliphatic rings. The Balaban J connectivity index is 3.49. The molecule has 0 saturated heterocycles. The van der Waals surface area contributed by atoms with Crippen LogP contribution < -0.4 is 0 Å². The van der Waals surface area contributed by atoms with Gasteiger partial charge in [-0.05, 0) is 19.8 Å². The van der Waals surface area contributed by atoms with Crippen molar-refractivity contribution in [3.05, 3.63) is 12.2 Å². The van der Waals surface area contributed by atoms with Gasteiger partial charge in [-0.3, -0.25) is 0 Å². The van der Waals surface area contributed by atoms with Gasteiger partial charge in [0.15, 0.2) is 0 Å². The van der Waals surface area contributed by atoms with Crippen LogP contribution in [0.2, 0.25) is 19.6 Å². The summed E-state index contributed by atoms with van der Waals surface area (Å²) in [5.41, 5.74) is 3.33. The van der Waals surface area contributed by atoms with E-state index in [0.29, 0.717) is 6.61 Å². The van der Waals surface area contributed by atoms with Gasteiger partial charge in [0.05, 0.1) is 6.61 Å². The third kappa shape index (κ3) is 12.9. The standard InChI is InChI=1S/C14H24O3Si/c1-5-16-14(15)17-12-10-8-6-7-9-11-13-18(2,3)4/h8,10H,5-7,9,12H2,1-4H3/b10-8+. The average molecular weight is 268 g/mol. The van der Waals surface area contributed by atoms with Crippen molar-refractivity contribution >= 4 is 14.2 Å². The number of hydrogen-bond acceptors (Lipinski definition) is 3. The molecule has 0 amide bonds. The van der Waals surface area contributed by atoms with Gasteiger partial charge < -0.3 is 9.47 Å². The van der Waals surface area contributed by atoms with E-state index in [1.807, 2.05) is 12.2 Å². The third-order valence-corrected chi connectivity index (χ3v) is 2.79. The Morgan fingerprint density at radius 1 is 1.22 bits per heavy atom. The van der Waals surface area contributed by atoms with Gasteiger partial charge >= 0.3 is 6.16 Å². The maximum atomic E-state index is 10.8. The molecule has 3 nitrogen and oxygen atoms in total. The summed E-state index contributed by atoms with van der Waals surface area (Å²) in [4.78, 5) is 10.8. The predicted molar refractivity (Wildman–Crippen MR) is 77.1 cm³/mol. The van der Waals surface area contributed by atoms with Gasteiger partial charge in [-0.2, -0.15) is 0 Å². The first-order chi connectivity index (χ1) is 8.45. The second-order valence-electron chi connectivity index (χ2n) is 4.91. The summed E-state index contributed by atoms with van der Waals surface area (Å²) in [6.07, 6.45) is 6.19. The van der Waals surface area contributed by atoms with Crippen LogP contribution in [0.4, 0.5) is 4.79 Å². The molecule has 0 fully saturated rings. The van der Waals surface area contributed by atoms with Gasteiger partial charge in [0.25, 0.3) is 0 Å². The van der Waals surface area contributed by atoms with Crippen LogP contribution >= 0.6 is 0 Å².